The van der Waals surface area contributed by atoms with E-state index in [4.69, 9.17) is 0 Å². The van der Waals surface area contributed by atoms with Crippen molar-refractivity contribution in [1.82, 2.24) is 0 Å². The van der Waals surface area contributed by atoms with E-state index >= 15 is 0 Å². The minimum atomic E-state index is 0. The summed E-state index contributed by atoms with van der Waals surface area (Å²) in [6.45, 7) is 3.01. The van der Waals surface area contributed by atoms with Crippen LogP contribution < -0.4 is 68.9 Å². The van der Waals surface area contributed by atoms with Crippen molar-refractivity contribution in [2.24, 2.45) is 0 Å². The van der Waals surface area contributed by atoms with Crippen molar-refractivity contribution in [1.29, 1.82) is 0 Å². The summed E-state index contributed by atoms with van der Waals surface area (Å²) >= 11 is 8.51. The molecule has 0 aliphatic rings. The summed E-state index contributed by atoms with van der Waals surface area (Å²) in [6.07, 6.45) is 3.60. The maximum absolute atomic E-state index is 4.64. The molecule has 0 heterocycles. The predicted molar refractivity (Wildman–Crippen MR) is 49.3 cm³/mol. The Kier molecular flexibility index (Phi) is 16.7. The summed E-state index contributed by atoms with van der Waals surface area (Å²) in [6, 6.07) is 0. The Morgan fingerprint density at radius 1 is 1.50 bits per heavy atom. The Labute approximate surface area is 133 Å². The van der Waals surface area contributed by atoms with E-state index in [1.165, 1.54) is 12.8 Å². The zero-order valence-corrected chi connectivity index (χ0v) is 14.6. The fraction of sp³-hybridized carbons (Fsp3) is 0.833. The van der Waals surface area contributed by atoms with Gasteiger partial charge in [0, 0.05) is 0 Å². The van der Waals surface area contributed by atoms with Gasteiger partial charge in [0.25, 0.3) is 0 Å². The number of unbranched alkanes of at least 4 members (excludes halogenated alkanes) is 2. The van der Waals surface area contributed by atoms with E-state index in [9.17, 15) is 0 Å². The van der Waals surface area contributed by atoms with Gasteiger partial charge in [0.1, 0.15) is 0 Å². The molecule has 0 saturated carbocycles. The average Bonchev–Trinajstić information content (AvgIpc) is 1.80. The van der Waals surface area contributed by atoms with E-state index in [-0.39, 0.29) is 68.9 Å². The molecule has 1 nitrogen and oxygen atoms in total. The Bertz CT molecular complexity index is 87.8. The molecule has 0 unspecified atom stereocenters. The second-order valence-electron chi connectivity index (χ2n) is 1.87. The maximum Gasteiger partial charge on any atom is 1.00 e. The van der Waals surface area contributed by atoms with Gasteiger partial charge in [-0.3, -0.25) is 0 Å². The quantitative estimate of drug-likeness (QED) is 0.430. The van der Waals surface area contributed by atoms with Crippen LogP contribution in [0.5, 0.6) is 0 Å². The monoisotopic (exact) mass is 295 g/mol. The van der Waals surface area contributed by atoms with Gasteiger partial charge in [0.05, 0.1) is 0 Å². The zero-order valence-electron chi connectivity index (χ0n) is 6.63. The van der Waals surface area contributed by atoms with Crippen LogP contribution in [0.1, 0.15) is 26.2 Å². The van der Waals surface area contributed by atoms with Gasteiger partial charge in [-0.2, -0.15) is 12.6 Å². The number of thiocarbonyl (C=S) groups is 1. The van der Waals surface area contributed by atoms with Crippen molar-refractivity contribution in [2.45, 2.75) is 26.2 Å². The summed E-state index contributed by atoms with van der Waals surface area (Å²) in [4.78, 5) is 0. The Morgan fingerprint density at radius 3 is 2.50 bits per heavy atom. The maximum atomic E-state index is 4.64. The van der Waals surface area contributed by atoms with Crippen molar-refractivity contribution < 1.29 is 68.9 Å². The molecule has 4 heteroatoms. The van der Waals surface area contributed by atoms with Crippen LogP contribution in [-0.4, -0.2) is 10.9 Å². The normalized spacial score (nSPS) is 8.20. The molecule has 0 N–H and O–H groups in total. The Hall–Kier alpha value is 2.29. The van der Waals surface area contributed by atoms with Crippen LogP contribution in [0, 0.1) is 0 Å². The average molecular weight is 295 g/mol. The van der Waals surface area contributed by atoms with Crippen molar-refractivity contribution in [3.05, 3.63) is 5.32 Å². The van der Waals surface area contributed by atoms with Gasteiger partial charge in [-0.25, -0.2) is 0 Å². The third-order valence-corrected chi connectivity index (χ3v) is 1.28. The zero-order chi connectivity index (χ0) is 7.11. The summed E-state index contributed by atoms with van der Waals surface area (Å²) in [5.41, 5.74) is 0. The van der Waals surface area contributed by atoms with E-state index in [2.05, 4.69) is 37.1 Å². The van der Waals surface area contributed by atoms with E-state index in [0.717, 1.165) is 13.0 Å². The summed E-state index contributed by atoms with van der Waals surface area (Å²) in [5.74, 6) is 0. The Balaban J connectivity index is 0. The largest absolute Gasteiger partial charge is 1.00 e. The standard InChI is InChI=1S/C6H13NS2.Cs/c1-2-3-4-5-7-6(8)9;/h2-5H2,1H3,(H2,7,8,9);/q;+1/p-1. The van der Waals surface area contributed by atoms with Gasteiger partial charge in [-0.1, -0.05) is 38.4 Å². The molecule has 0 aromatic rings. The van der Waals surface area contributed by atoms with Crippen molar-refractivity contribution in [2.75, 3.05) is 6.54 Å². The van der Waals surface area contributed by atoms with E-state index in [1.807, 2.05) is 0 Å². The van der Waals surface area contributed by atoms with Crippen LogP contribution in [0.3, 0.4) is 0 Å². The van der Waals surface area contributed by atoms with Crippen molar-refractivity contribution >= 4 is 29.2 Å². The number of thiol groups is 1. The fourth-order valence-electron chi connectivity index (χ4n) is 0.537. The van der Waals surface area contributed by atoms with Crippen LogP contribution >= 0.6 is 24.8 Å². The van der Waals surface area contributed by atoms with Gasteiger partial charge in [-0.15, -0.1) is 6.54 Å². The number of hydrogen-bond donors (Lipinski definition) is 1. The van der Waals surface area contributed by atoms with Crippen molar-refractivity contribution in [3.63, 3.8) is 0 Å². The van der Waals surface area contributed by atoms with Crippen LogP contribution in [0.2, 0.25) is 0 Å². The fourth-order valence-corrected chi connectivity index (χ4v) is 0.728. The molecule has 0 rings (SSSR count). The van der Waals surface area contributed by atoms with E-state index in [1.54, 1.807) is 0 Å². The van der Waals surface area contributed by atoms with E-state index < -0.39 is 0 Å². The van der Waals surface area contributed by atoms with Crippen LogP contribution in [0.4, 0.5) is 0 Å². The summed E-state index contributed by atoms with van der Waals surface area (Å²) in [7, 11) is 0. The Morgan fingerprint density at radius 2 is 2.10 bits per heavy atom. The molecule has 0 aromatic carbocycles. The molecule has 0 amide bonds. The SMILES string of the molecule is CCCCC[N-]C(=S)S.[Cs+]. The molecule has 0 aliphatic heterocycles. The first-order valence-electron chi connectivity index (χ1n) is 3.17. The topological polar surface area (TPSA) is 14.1 Å². The molecule has 0 bridgehead atoms. The minimum Gasteiger partial charge on any atom is -0.670 e. The van der Waals surface area contributed by atoms with Gasteiger partial charge in [-0.05, 0) is 4.32 Å². The third-order valence-electron chi connectivity index (χ3n) is 1.01. The van der Waals surface area contributed by atoms with Crippen LogP contribution in [0.15, 0.2) is 0 Å². The van der Waals surface area contributed by atoms with E-state index in [0.29, 0.717) is 4.32 Å². The van der Waals surface area contributed by atoms with Gasteiger partial charge < -0.3 is 5.32 Å². The molecule has 0 fully saturated rings. The number of rotatable bonds is 4. The minimum absolute atomic E-state index is 0. The molecule has 0 atom stereocenters. The number of hydrogen-bond acceptors (Lipinski definition) is 1. The first kappa shape index (κ1) is 14.8. The molecule has 0 aliphatic carbocycles. The number of nitrogens with zero attached hydrogens (tertiary/aromatic N) is 1. The van der Waals surface area contributed by atoms with Gasteiger partial charge >= 0.3 is 68.9 Å². The molecule has 0 radical (unpaired) electrons. The van der Waals surface area contributed by atoms with Crippen LogP contribution in [-0.2, 0) is 0 Å². The predicted octanol–water partition coefficient (Wildman–Crippen LogP) is -0.231. The van der Waals surface area contributed by atoms with Gasteiger partial charge in [0.15, 0.2) is 0 Å². The first-order valence-corrected chi connectivity index (χ1v) is 4.03. The second kappa shape index (κ2) is 11.3. The summed E-state index contributed by atoms with van der Waals surface area (Å²) < 4.78 is 0.478. The van der Waals surface area contributed by atoms with Gasteiger partial charge in [0.2, 0.25) is 0 Å². The second-order valence-corrected chi connectivity index (χ2v) is 2.98. The molecule has 0 saturated heterocycles. The summed E-state index contributed by atoms with van der Waals surface area (Å²) in [5, 5.41) is 3.96. The van der Waals surface area contributed by atoms with Crippen LogP contribution in [0.25, 0.3) is 5.32 Å². The first-order chi connectivity index (χ1) is 4.27. The van der Waals surface area contributed by atoms with Crippen molar-refractivity contribution in [3.8, 4) is 0 Å². The smallest absolute Gasteiger partial charge is 0.670 e. The molecular weight excluding hydrogens is 283 g/mol. The third kappa shape index (κ3) is 12.9. The molecule has 54 valence electrons. The molecule has 0 aromatic heterocycles. The molecule has 10 heavy (non-hydrogen) atoms. The molecule has 0 spiro atoms. The molecular formula is C6H12CsNS2.